The molecular weight excluding hydrogens is 370 g/mol. The van der Waals surface area contributed by atoms with Crippen molar-refractivity contribution >= 4 is 5.71 Å². The van der Waals surface area contributed by atoms with Crippen molar-refractivity contribution in [3.8, 4) is 12.3 Å². The fourth-order valence-electron chi connectivity index (χ4n) is 7.28. The SMILES string of the molecule is C#C[C@]1(O)CC[C@H]2[C@@H]3CCC4=C/C(=N\OCc5ccccc5)CC[C@@H]4[C@H]3CC[C@@]21C. The van der Waals surface area contributed by atoms with Crippen molar-refractivity contribution in [1.29, 1.82) is 0 Å². The molecule has 3 heteroatoms. The molecule has 0 bridgehead atoms. The second kappa shape index (κ2) is 7.57. The highest BCUT2D eigenvalue weighted by atomic mass is 16.6. The molecular formula is C27H33NO2. The Bertz CT molecular complexity index is 897. The number of fused-ring (bicyclic) bond motifs is 5. The molecule has 0 heterocycles. The third-order valence-electron chi connectivity index (χ3n) is 8.96. The highest BCUT2D eigenvalue weighted by Crippen LogP contribution is 2.64. The Hall–Kier alpha value is -2.05. The number of hydrogen-bond donors (Lipinski definition) is 1. The van der Waals surface area contributed by atoms with Crippen LogP contribution < -0.4 is 0 Å². The number of aliphatic hydroxyl groups is 1. The smallest absolute Gasteiger partial charge is 0.142 e. The molecule has 5 rings (SSSR count). The summed E-state index contributed by atoms with van der Waals surface area (Å²) in [6, 6.07) is 10.2. The standard InChI is InChI=1S/C27H33NO2/c1-3-27(29)16-14-25-24-11-9-20-17-21(28-30-18-19-7-5-4-6-8-19)10-12-22(20)23(24)13-15-26(25,27)2/h1,4-8,17,22-25,29H,9-16,18H2,2H3/b28-21-/t22-,23+,24+,25-,26-,27-/m0/s1. The summed E-state index contributed by atoms with van der Waals surface area (Å²) < 4.78 is 0. The minimum absolute atomic E-state index is 0.100. The molecule has 0 radical (unpaired) electrons. The van der Waals surface area contributed by atoms with E-state index in [2.05, 4.69) is 36.2 Å². The number of oxime groups is 1. The number of benzene rings is 1. The van der Waals surface area contributed by atoms with Crippen LogP contribution in [0, 0.1) is 41.4 Å². The third kappa shape index (κ3) is 3.12. The summed E-state index contributed by atoms with van der Waals surface area (Å²) >= 11 is 0. The lowest BCUT2D eigenvalue weighted by atomic mass is 9.50. The van der Waals surface area contributed by atoms with Gasteiger partial charge in [0, 0.05) is 5.41 Å². The predicted molar refractivity (Wildman–Crippen MR) is 120 cm³/mol. The molecule has 0 unspecified atom stereocenters. The highest BCUT2D eigenvalue weighted by Gasteiger charge is 2.61. The van der Waals surface area contributed by atoms with Gasteiger partial charge in [0.25, 0.3) is 0 Å². The van der Waals surface area contributed by atoms with Crippen LogP contribution in [-0.4, -0.2) is 16.4 Å². The zero-order chi connectivity index (χ0) is 20.8. The van der Waals surface area contributed by atoms with Crippen LogP contribution in [0.3, 0.4) is 0 Å². The fraction of sp³-hybridized carbons (Fsp3) is 0.593. The molecule has 4 aliphatic carbocycles. The van der Waals surface area contributed by atoms with E-state index in [1.165, 1.54) is 19.3 Å². The topological polar surface area (TPSA) is 41.8 Å². The highest BCUT2D eigenvalue weighted by molar-refractivity contribution is 5.96. The minimum atomic E-state index is -0.902. The first-order valence-electron chi connectivity index (χ1n) is 11.7. The van der Waals surface area contributed by atoms with Crippen LogP contribution in [0.15, 0.2) is 47.1 Å². The Morgan fingerprint density at radius 3 is 2.73 bits per heavy atom. The van der Waals surface area contributed by atoms with Crippen LogP contribution >= 0.6 is 0 Å². The van der Waals surface area contributed by atoms with Crippen LogP contribution in [0.1, 0.15) is 63.9 Å². The molecule has 0 aliphatic heterocycles. The Morgan fingerprint density at radius 2 is 1.93 bits per heavy atom. The van der Waals surface area contributed by atoms with Crippen molar-refractivity contribution in [3.05, 3.63) is 47.5 Å². The van der Waals surface area contributed by atoms with E-state index in [4.69, 9.17) is 11.3 Å². The molecule has 0 amide bonds. The average molecular weight is 404 g/mol. The van der Waals surface area contributed by atoms with Gasteiger partial charge >= 0.3 is 0 Å². The molecule has 1 aromatic rings. The molecule has 0 spiro atoms. The van der Waals surface area contributed by atoms with Crippen molar-refractivity contribution in [2.45, 2.75) is 70.5 Å². The van der Waals surface area contributed by atoms with E-state index in [-0.39, 0.29) is 5.41 Å². The van der Waals surface area contributed by atoms with Crippen LogP contribution in [0.2, 0.25) is 0 Å². The maximum atomic E-state index is 11.1. The summed E-state index contributed by atoms with van der Waals surface area (Å²) in [6.45, 7) is 2.79. The monoisotopic (exact) mass is 403 g/mol. The van der Waals surface area contributed by atoms with E-state index in [0.29, 0.717) is 24.4 Å². The van der Waals surface area contributed by atoms with Crippen molar-refractivity contribution in [3.63, 3.8) is 0 Å². The number of rotatable bonds is 3. The minimum Gasteiger partial charge on any atom is -0.391 e. The summed E-state index contributed by atoms with van der Waals surface area (Å²) in [5, 5.41) is 15.6. The maximum Gasteiger partial charge on any atom is 0.142 e. The summed E-state index contributed by atoms with van der Waals surface area (Å²) in [5.41, 5.74) is 2.83. The summed E-state index contributed by atoms with van der Waals surface area (Å²) in [4.78, 5) is 5.65. The Kier molecular flexibility index (Phi) is 5.02. The molecule has 3 saturated carbocycles. The maximum absolute atomic E-state index is 11.1. The molecule has 158 valence electrons. The van der Waals surface area contributed by atoms with Gasteiger partial charge in [-0.15, -0.1) is 6.42 Å². The lowest BCUT2D eigenvalue weighted by molar-refractivity contribution is -0.0852. The lowest BCUT2D eigenvalue weighted by Crippen LogP contribution is -2.52. The van der Waals surface area contributed by atoms with Gasteiger partial charge in [-0.2, -0.15) is 0 Å². The Morgan fingerprint density at radius 1 is 1.10 bits per heavy atom. The van der Waals surface area contributed by atoms with Gasteiger partial charge in [-0.05, 0) is 86.7 Å². The molecule has 3 nitrogen and oxygen atoms in total. The van der Waals surface area contributed by atoms with Gasteiger partial charge in [-0.3, -0.25) is 0 Å². The summed E-state index contributed by atoms with van der Waals surface area (Å²) in [6.07, 6.45) is 16.8. The van der Waals surface area contributed by atoms with Gasteiger partial charge in [0.2, 0.25) is 0 Å². The molecule has 1 N–H and O–H groups in total. The molecule has 3 fully saturated rings. The van der Waals surface area contributed by atoms with Crippen molar-refractivity contribution < 1.29 is 9.94 Å². The van der Waals surface area contributed by atoms with Crippen LogP contribution in [-0.2, 0) is 11.4 Å². The van der Waals surface area contributed by atoms with Crippen LogP contribution in [0.5, 0.6) is 0 Å². The van der Waals surface area contributed by atoms with Gasteiger partial charge < -0.3 is 9.94 Å². The molecule has 30 heavy (non-hydrogen) atoms. The van der Waals surface area contributed by atoms with E-state index in [0.717, 1.165) is 49.3 Å². The molecule has 6 atom stereocenters. The Labute approximate surface area is 180 Å². The normalized spacial score (nSPS) is 41.2. The first-order chi connectivity index (χ1) is 14.5. The van der Waals surface area contributed by atoms with Crippen LogP contribution in [0.25, 0.3) is 0 Å². The number of allylic oxidation sites excluding steroid dienone is 2. The Balaban J connectivity index is 1.28. The third-order valence-corrected chi connectivity index (χ3v) is 8.96. The zero-order valence-corrected chi connectivity index (χ0v) is 18.0. The largest absolute Gasteiger partial charge is 0.391 e. The number of nitrogens with zero attached hydrogens (tertiary/aromatic N) is 1. The van der Waals surface area contributed by atoms with Gasteiger partial charge in [0.05, 0.1) is 5.71 Å². The van der Waals surface area contributed by atoms with E-state index in [9.17, 15) is 5.11 Å². The fourth-order valence-corrected chi connectivity index (χ4v) is 7.28. The molecule has 4 aliphatic rings. The second-order valence-electron chi connectivity index (χ2n) is 10.2. The zero-order valence-electron chi connectivity index (χ0n) is 18.0. The van der Waals surface area contributed by atoms with Crippen molar-refractivity contribution in [2.75, 3.05) is 0 Å². The van der Waals surface area contributed by atoms with E-state index in [1.54, 1.807) is 5.57 Å². The summed E-state index contributed by atoms with van der Waals surface area (Å²) in [5.74, 6) is 5.49. The van der Waals surface area contributed by atoms with Gasteiger partial charge in [-0.25, -0.2) is 0 Å². The van der Waals surface area contributed by atoms with E-state index < -0.39 is 5.60 Å². The lowest BCUT2D eigenvalue weighted by Gasteiger charge is -2.54. The average Bonchev–Trinajstić information content (AvgIpc) is 3.05. The van der Waals surface area contributed by atoms with Crippen molar-refractivity contribution in [2.24, 2.45) is 34.2 Å². The first kappa shape index (κ1) is 19.9. The van der Waals surface area contributed by atoms with Gasteiger partial charge in [0.1, 0.15) is 12.2 Å². The quantitative estimate of drug-likeness (QED) is 0.535. The van der Waals surface area contributed by atoms with Gasteiger partial charge in [0.15, 0.2) is 0 Å². The number of hydrogen-bond acceptors (Lipinski definition) is 3. The second-order valence-corrected chi connectivity index (χ2v) is 10.2. The number of terminal acetylenes is 1. The van der Waals surface area contributed by atoms with E-state index in [1.807, 2.05) is 18.2 Å². The van der Waals surface area contributed by atoms with Crippen molar-refractivity contribution in [1.82, 2.24) is 0 Å². The predicted octanol–water partition coefficient (Wildman–Crippen LogP) is 5.50. The van der Waals surface area contributed by atoms with E-state index >= 15 is 0 Å². The summed E-state index contributed by atoms with van der Waals surface area (Å²) in [7, 11) is 0. The molecule has 1 aromatic carbocycles. The first-order valence-corrected chi connectivity index (χ1v) is 11.7. The van der Waals surface area contributed by atoms with Crippen LogP contribution in [0.4, 0.5) is 0 Å². The molecule has 0 saturated heterocycles. The molecule has 0 aromatic heterocycles. The van der Waals surface area contributed by atoms with Gasteiger partial charge in [-0.1, -0.05) is 53.9 Å².